The van der Waals surface area contributed by atoms with E-state index < -0.39 is 5.97 Å². The van der Waals surface area contributed by atoms with Crippen molar-refractivity contribution in [1.29, 1.82) is 0 Å². The lowest BCUT2D eigenvalue weighted by atomic mass is 9.98. The van der Waals surface area contributed by atoms with Gasteiger partial charge in [-0.05, 0) is 36.2 Å². The Kier molecular flexibility index (Phi) is 3.60. The van der Waals surface area contributed by atoms with Gasteiger partial charge in [-0.25, -0.2) is 4.79 Å². The Morgan fingerprint density at radius 2 is 1.83 bits per heavy atom. The molecule has 0 aromatic heterocycles. The molecule has 0 radical (unpaired) electrons. The van der Waals surface area contributed by atoms with Crippen LogP contribution in [0.25, 0.3) is 11.1 Å². The van der Waals surface area contributed by atoms with Crippen molar-refractivity contribution in [1.82, 2.24) is 0 Å². The van der Waals surface area contributed by atoms with Gasteiger partial charge in [-0.1, -0.05) is 41.4 Å². The van der Waals surface area contributed by atoms with Crippen LogP contribution in [0.1, 0.15) is 15.9 Å². The lowest BCUT2D eigenvalue weighted by Gasteiger charge is -2.10. The average molecular weight is 281 g/mol. The molecule has 0 heterocycles. The summed E-state index contributed by atoms with van der Waals surface area (Å²) < 4.78 is 0. The van der Waals surface area contributed by atoms with Crippen LogP contribution in [0.5, 0.6) is 0 Å². The monoisotopic (exact) mass is 280 g/mol. The number of aryl methyl sites for hydroxylation is 1. The molecule has 0 aliphatic heterocycles. The number of hydrogen-bond acceptors (Lipinski definition) is 1. The number of aromatic carboxylic acids is 1. The molecule has 0 fully saturated rings. The first-order valence-electron chi connectivity index (χ1n) is 5.29. The summed E-state index contributed by atoms with van der Waals surface area (Å²) in [5, 5.41) is 9.90. The van der Waals surface area contributed by atoms with Crippen LogP contribution in [0.3, 0.4) is 0 Å². The van der Waals surface area contributed by atoms with Crippen molar-refractivity contribution in [3.05, 3.63) is 57.6 Å². The molecular formula is C14H10Cl2O2. The summed E-state index contributed by atoms with van der Waals surface area (Å²) in [5.74, 6) is -0.964. The molecule has 0 aliphatic carbocycles. The van der Waals surface area contributed by atoms with Crippen molar-refractivity contribution < 1.29 is 9.90 Å². The second-order valence-electron chi connectivity index (χ2n) is 3.94. The first-order valence-corrected chi connectivity index (χ1v) is 6.04. The average Bonchev–Trinajstić information content (AvgIpc) is 2.33. The Hall–Kier alpha value is -1.51. The molecule has 0 aliphatic rings. The van der Waals surface area contributed by atoms with E-state index in [0.717, 1.165) is 16.7 Å². The second-order valence-corrected chi connectivity index (χ2v) is 4.72. The van der Waals surface area contributed by atoms with E-state index in [2.05, 4.69) is 0 Å². The van der Waals surface area contributed by atoms with Crippen LogP contribution in [0.2, 0.25) is 10.0 Å². The Labute approximate surface area is 115 Å². The van der Waals surface area contributed by atoms with Gasteiger partial charge in [-0.2, -0.15) is 0 Å². The molecule has 92 valence electrons. The van der Waals surface area contributed by atoms with Gasteiger partial charge in [-0.15, -0.1) is 0 Å². The molecule has 0 saturated carbocycles. The van der Waals surface area contributed by atoms with Crippen molar-refractivity contribution in [2.75, 3.05) is 0 Å². The molecule has 2 aromatic rings. The summed E-state index contributed by atoms with van der Waals surface area (Å²) in [7, 11) is 0. The Morgan fingerprint density at radius 1 is 1.11 bits per heavy atom. The highest BCUT2D eigenvalue weighted by Gasteiger charge is 2.12. The maximum absolute atomic E-state index is 11.0. The molecule has 0 unspecified atom stereocenters. The highest BCUT2D eigenvalue weighted by atomic mass is 35.5. The number of carboxylic acids is 1. The summed E-state index contributed by atoms with van der Waals surface area (Å²) in [6, 6.07) is 10.2. The van der Waals surface area contributed by atoms with Gasteiger partial charge < -0.3 is 5.11 Å². The molecule has 2 nitrogen and oxygen atoms in total. The van der Waals surface area contributed by atoms with Crippen molar-refractivity contribution in [3.8, 4) is 11.1 Å². The van der Waals surface area contributed by atoms with E-state index in [0.29, 0.717) is 10.0 Å². The second kappa shape index (κ2) is 5.01. The van der Waals surface area contributed by atoms with Gasteiger partial charge in [0.1, 0.15) is 0 Å². The molecule has 0 amide bonds. The number of benzene rings is 2. The fraction of sp³-hybridized carbons (Fsp3) is 0.0714. The normalized spacial score (nSPS) is 10.4. The molecule has 2 aromatic carbocycles. The molecule has 18 heavy (non-hydrogen) atoms. The summed E-state index contributed by atoms with van der Waals surface area (Å²) in [6.45, 7) is 1.90. The van der Waals surface area contributed by atoms with Crippen molar-refractivity contribution in [2.24, 2.45) is 0 Å². The maximum atomic E-state index is 11.0. The predicted octanol–water partition coefficient (Wildman–Crippen LogP) is 4.67. The fourth-order valence-corrected chi connectivity index (χ4v) is 2.16. The zero-order valence-corrected chi connectivity index (χ0v) is 11.1. The summed E-state index contributed by atoms with van der Waals surface area (Å²) in [5.41, 5.74) is 2.70. The van der Waals surface area contributed by atoms with E-state index >= 15 is 0 Å². The number of carbonyl (C=O) groups is 1. The minimum atomic E-state index is -0.964. The van der Waals surface area contributed by atoms with Crippen LogP contribution >= 0.6 is 23.2 Å². The first-order chi connectivity index (χ1) is 8.50. The van der Waals surface area contributed by atoms with E-state index in [-0.39, 0.29) is 5.56 Å². The highest BCUT2D eigenvalue weighted by molar-refractivity contribution is 6.43. The van der Waals surface area contributed by atoms with Gasteiger partial charge >= 0.3 is 5.97 Å². The van der Waals surface area contributed by atoms with E-state index in [9.17, 15) is 4.79 Å². The topological polar surface area (TPSA) is 37.3 Å². The summed E-state index contributed by atoms with van der Waals surface area (Å²) >= 11 is 12.1. The first kappa shape index (κ1) is 12.9. The molecule has 4 heteroatoms. The third kappa shape index (κ3) is 2.35. The molecule has 2 rings (SSSR count). The van der Waals surface area contributed by atoms with Crippen LogP contribution in [0.15, 0.2) is 36.4 Å². The van der Waals surface area contributed by atoms with E-state index in [1.54, 1.807) is 30.3 Å². The largest absolute Gasteiger partial charge is 0.478 e. The predicted molar refractivity (Wildman–Crippen MR) is 73.6 cm³/mol. The van der Waals surface area contributed by atoms with E-state index in [1.807, 2.05) is 13.0 Å². The van der Waals surface area contributed by atoms with Gasteiger partial charge in [0.25, 0.3) is 0 Å². The zero-order chi connectivity index (χ0) is 13.3. The number of carboxylic acid groups (broad SMARTS) is 1. The fourth-order valence-electron chi connectivity index (χ4n) is 1.76. The standard InChI is InChI=1S/C14H10Cl2O2/c1-8-5-6-9(14(17)18)7-11(8)10-3-2-4-12(15)13(10)16/h2-7H,1H3,(H,17,18). The lowest BCUT2D eigenvalue weighted by Crippen LogP contribution is -1.97. The van der Waals surface area contributed by atoms with E-state index in [4.69, 9.17) is 28.3 Å². The van der Waals surface area contributed by atoms with Crippen molar-refractivity contribution in [2.45, 2.75) is 6.92 Å². The van der Waals surface area contributed by atoms with Crippen LogP contribution in [-0.2, 0) is 0 Å². The Balaban J connectivity index is 2.66. The van der Waals surface area contributed by atoms with Gasteiger partial charge in [0, 0.05) is 5.56 Å². The third-order valence-corrected chi connectivity index (χ3v) is 3.55. The molecule has 0 saturated heterocycles. The molecule has 0 bridgehead atoms. The quantitative estimate of drug-likeness (QED) is 0.868. The number of rotatable bonds is 2. The van der Waals surface area contributed by atoms with Gasteiger partial charge in [-0.3, -0.25) is 0 Å². The highest BCUT2D eigenvalue weighted by Crippen LogP contribution is 2.35. The SMILES string of the molecule is Cc1ccc(C(=O)O)cc1-c1cccc(Cl)c1Cl. The van der Waals surface area contributed by atoms with Crippen molar-refractivity contribution in [3.63, 3.8) is 0 Å². The smallest absolute Gasteiger partial charge is 0.335 e. The zero-order valence-electron chi connectivity index (χ0n) is 9.58. The van der Waals surface area contributed by atoms with Crippen molar-refractivity contribution >= 4 is 29.2 Å². The van der Waals surface area contributed by atoms with Crippen LogP contribution in [-0.4, -0.2) is 11.1 Å². The Morgan fingerprint density at radius 3 is 2.50 bits per heavy atom. The molecule has 1 N–H and O–H groups in total. The van der Waals surface area contributed by atoms with E-state index in [1.165, 1.54) is 0 Å². The molecule has 0 atom stereocenters. The molecular weight excluding hydrogens is 271 g/mol. The van der Waals surface area contributed by atoms with Crippen LogP contribution < -0.4 is 0 Å². The minimum absolute atomic E-state index is 0.228. The number of halogens is 2. The van der Waals surface area contributed by atoms with Gasteiger partial charge in [0.2, 0.25) is 0 Å². The Bertz CT molecular complexity index is 621. The molecule has 0 spiro atoms. The van der Waals surface area contributed by atoms with Crippen LogP contribution in [0.4, 0.5) is 0 Å². The number of hydrogen-bond donors (Lipinski definition) is 1. The summed E-state index contributed by atoms with van der Waals surface area (Å²) in [4.78, 5) is 11.0. The van der Waals surface area contributed by atoms with Gasteiger partial charge in [0.05, 0.1) is 15.6 Å². The summed E-state index contributed by atoms with van der Waals surface area (Å²) in [6.07, 6.45) is 0. The lowest BCUT2D eigenvalue weighted by molar-refractivity contribution is 0.0697. The minimum Gasteiger partial charge on any atom is -0.478 e. The third-order valence-electron chi connectivity index (χ3n) is 2.73. The van der Waals surface area contributed by atoms with Gasteiger partial charge in [0.15, 0.2) is 0 Å². The maximum Gasteiger partial charge on any atom is 0.335 e. The van der Waals surface area contributed by atoms with Crippen LogP contribution in [0, 0.1) is 6.92 Å².